The first-order valence-electron chi connectivity index (χ1n) is 4.73. The number of carbonyl (C=O) groups excluding carboxylic acids is 1. The second-order valence-electron chi connectivity index (χ2n) is 3.31. The zero-order chi connectivity index (χ0) is 10.3. The van der Waals surface area contributed by atoms with Crippen molar-refractivity contribution in [1.29, 1.82) is 0 Å². The maximum atomic E-state index is 11.0. The Labute approximate surface area is 79.9 Å². The number of unbranched alkanes of at least 4 members (excludes halogenated alkanes) is 1. The molecule has 76 valence electrons. The fourth-order valence-corrected chi connectivity index (χ4v) is 0.871. The Morgan fingerprint density at radius 1 is 1.54 bits per heavy atom. The van der Waals surface area contributed by atoms with E-state index in [9.17, 15) is 4.79 Å². The van der Waals surface area contributed by atoms with Crippen LogP contribution in [0.5, 0.6) is 0 Å². The van der Waals surface area contributed by atoms with Gasteiger partial charge in [-0.15, -0.1) is 0 Å². The molecule has 0 aliphatic rings. The van der Waals surface area contributed by atoms with Crippen molar-refractivity contribution in [2.24, 2.45) is 5.73 Å². The van der Waals surface area contributed by atoms with E-state index in [2.05, 4.69) is 6.92 Å². The normalized spacial score (nSPS) is 11.8. The predicted octanol–water partition coefficient (Wildman–Crippen LogP) is 1.97. The first kappa shape index (κ1) is 12.0. The summed E-state index contributed by atoms with van der Waals surface area (Å²) in [6.45, 7) is 5.71. The van der Waals surface area contributed by atoms with Gasteiger partial charge in [-0.1, -0.05) is 13.3 Å². The summed E-state index contributed by atoms with van der Waals surface area (Å²) in [6.07, 6.45) is 4.15. The van der Waals surface area contributed by atoms with Crippen LogP contribution in [0, 0.1) is 0 Å². The maximum absolute atomic E-state index is 11.0. The largest absolute Gasteiger partial charge is 0.460 e. The van der Waals surface area contributed by atoms with E-state index in [0.717, 1.165) is 19.3 Å². The van der Waals surface area contributed by atoms with Crippen LogP contribution in [0.3, 0.4) is 0 Å². The summed E-state index contributed by atoms with van der Waals surface area (Å²) in [6, 6.07) is 0. The van der Waals surface area contributed by atoms with Crippen LogP contribution in [-0.2, 0) is 9.53 Å². The lowest BCUT2D eigenvalue weighted by Crippen LogP contribution is -2.11. The molecule has 0 spiro atoms. The summed E-state index contributed by atoms with van der Waals surface area (Å²) in [5.74, 6) is -0.344. The van der Waals surface area contributed by atoms with Crippen LogP contribution in [-0.4, -0.2) is 12.1 Å². The molecule has 0 atom stereocenters. The molecule has 0 amide bonds. The van der Waals surface area contributed by atoms with Gasteiger partial charge in [-0.05, 0) is 26.7 Å². The second kappa shape index (κ2) is 6.52. The van der Waals surface area contributed by atoms with Crippen LogP contribution < -0.4 is 5.73 Å². The number of esters is 1. The van der Waals surface area contributed by atoms with Crippen molar-refractivity contribution in [3.05, 3.63) is 11.8 Å². The molecule has 3 nitrogen and oxygen atoms in total. The van der Waals surface area contributed by atoms with Crippen LogP contribution in [0.15, 0.2) is 11.8 Å². The summed E-state index contributed by atoms with van der Waals surface area (Å²) in [5, 5.41) is 0. The molecule has 0 aromatic heterocycles. The van der Waals surface area contributed by atoms with E-state index in [1.807, 2.05) is 13.8 Å². The molecule has 0 aliphatic heterocycles. The molecule has 0 aromatic carbocycles. The molecule has 13 heavy (non-hydrogen) atoms. The minimum absolute atomic E-state index is 0.0808. The van der Waals surface area contributed by atoms with E-state index in [4.69, 9.17) is 10.5 Å². The Morgan fingerprint density at radius 2 is 2.15 bits per heavy atom. The van der Waals surface area contributed by atoms with Crippen LogP contribution in [0.25, 0.3) is 0 Å². The number of rotatable bonds is 5. The Morgan fingerprint density at radius 3 is 2.62 bits per heavy atom. The van der Waals surface area contributed by atoms with Crippen molar-refractivity contribution in [3.8, 4) is 0 Å². The van der Waals surface area contributed by atoms with Gasteiger partial charge >= 0.3 is 5.97 Å². The zero-order valence-corrected chi connectivity index (χ0v) is 8.67. The highest BCUT2D eigenvalue weighted by Crippen LogP contribution is 2.02. The average molecular weight is 185 g/mol. The van der Waals surface area contributed by atoms with E-state index in [1.54, 1.807) is 0 Å². The van der Waals surface area contributed by atoms with E-state index >= 15 is 0 Å². The molecule has 0 aliphatic carbocycles. The van der Waals surface area contributed by atoms with Crippen LogP contribution in [0.1, 0.15) is 40.0 Å². The number of allylic oxidation sites excluding steroid dienone is 1. The van der Waals surface area contributed by atoms with Gasteiger partial charge in [-0.3, -0.25) is 0 Å². The van der Waals surface area contributed by atoms with Crippen LogP contribution in [0.2, 0.25) is 0 Å². The monoisotopic (exact) mass is 185 g/mol. The smallest absolute Gasteiger partial charge is 0.332 e. The number of ether oxygens (including phenoxy) is 1. The molecule has 0 unspecified atom stereocenters. The van der Waals surface area contributed by atoms with E-state index < -0.39 is 0 Å². The fourth-order valence-electron chi connectivity index (χ4n) is 0.871. The molecule has 0 heterocycles. The highest BCUT2D eigenvalue weighted by molar-refractivity contribution is 5.82. The molecule has 0 saturated carbocycles. The summed E-state index contributed by atoms with van der Waals surface area (Å²) in [5.41, 5.74) is 6.20. The van der Waals surface area contributed by atoms with Crippen LogP contribution >= 0.6 is 0 Å². The first-order chi connectivity index (χ1) is 6.06. The fraction of sp³-hybridized carbons (Fsp3) is 0.700. The molecule has 0 radical (unpaired) electrons. The third kappa shape index (κ3) is 7.37. The molecule has 0 aromatic rings. The lowest BCUT2D eigenvalue weighted by Gasteiger charge is -2.05. The summed E-state index contributed by atoms with van der Waals surface area (Å²) >= 11 is 0. The van der Waals surface area contributed by atoms with Crippen molar-refractivity contribution in [1.82, 2.24) is 0 Å². The maximum Gasteiger partial charge on any atom is 0.332 e. The van der Waals surface area contributed by atoms with E-state index in [1.165, 1.54) is 6.08 Å². The minimum Gasteiger partial charge on any atom is -0.460 e. The molecule has 2 N–H and O–H groups in total. The van der Waals surface area contributed by atoms with Crippen molar-refractivity contribution < 1.29 is 9.53 Å². The Balaban J connectivity index is 3.84. The van der Waals surface area contributed by atoms with E-state index in [-0.39, 0.29) is 12.1 Å². The third-order valence-corrected chi connectivity index (χ3v) is 1.47. The molecular weight excluding hydrogens is 166 g/mol. The summed E-state index contributed by atoms with van der Waals surface area (Å²) in [4.78, 5) is 11.0. The Bertz CT molecular complexity index is 185. The van der Waals surface area contributed by atoms with Crippen molar-refractivity contribution >= 4 is 5.97 Å². The highest BCUT2D eigenvalue weighted by atomic mass is 16.5. The first-order valence-corrected chi connectivity index (χ1v) is 4.73. The standard InChI is InChI=1S/C10H19NO2/c1-4-5-6-9(11)7-10(12)13-8(2)3/h7-8H,4-6,11H2,1-3H3/b9-7-. The SMILES string of the molecule is CCCC/C(N)=C/C(=O)OC(C)C. The topological polar surface area (TPSA) is 52.3 Å². The molecule has 0 fully saturated rings. The van der Waals surface area contributed by atoms with Crippen LogP contribution in [0.4, 0.5) is 0 Å². The molecule has 0 bridgehead atoms. The Kier molecular flexibility index (Phi) is 6.02. The van der Waals surface area contributed by atoms with Gasteiger partial charge in [0.15, 0.2) is 0 Å². The van der Waals surface area contributed by atoms with E-state index in [0.29, 0.717) is 5.70 Å². The molecule has 0 saturated heterocycles. The minimum atomic E-state index is -0.344. The zero-order valence-electron chi connectivity index (χ0n) is 8.67. The summed E-state index contributed by atoms with van der Waals surface area (Å²) in [7, 11) is 0. The Hall–Kier alpha value is -0.990. The highest BCUT2D eigenvalue weighted by Gasteiger charge is 2.02. The van der Waals surface area contributed by atoms with Crippen molar-refractivity contribution in [3.63, 3.8) is 0 Å². The van der Waals surface area contributed by atoms with Crippen molar-refractivity contribution in [2.75, 3.05) is 0 Å². The van der Waals surface area contributed by atoms with Gasteiger partial charge < -0.3 is 10.5 Å². The van der Waals surface area contributed by atoms with Crippen molar-refractivity contribution in [2.45, 2.75) is 46.1 Å². The van der Waals surface area contributed by atoms with Gasteiger partial charge in [-0.2, -0.15) is 0 Å². The number of hydrogen-bond acceptors (Lipinski definition) is 3. The molecule has 3 heteroatoms. The number of hydrogen-bond donors (Lipinski definition) is 1. The van der Waals surface area contributed by atoms with Gasteiger partial charge in [0.1, 0.15) is 0 Å². The van der Waals surface area contributed by atoms with Gasteiger partial charge in [0.05, 0.1) is 6.10 Å². The average Bonchev–Trinajstić information content (AvgIpc) is 1.98. The van der Waals surface area contributed by atoms with Gasteiger partial charge in [0.2, 0.25) is 0 Å². The van der Waals surface area contributed by atoms with Gasteiger partial charge in [0.25, 0.3) is 0 Å². The third-order valence-electron chi connectivity index (χ3n) is 1.47. The lowest BCUT2D eigenvalue weighted by molar-refractivity contribution is -0.141. The molecule has 0 rings (SSSR count). The number of nitrogens with two attached hydrogens (primary N) is 1. The number of carbonyl (C=O) groups is 1. The molecular formula is C10H19NO2. The summed E-state index contributed by atoms with van der Waals surface area (Å²) < 4.78 is 4.91. The predicted molar refractivity (Wildman–Crippen MR) is 53.0 cm³/mol. The second-order valence-corrected chi connectivity index (χ2v) is 3.31. The van der Waals surface area contributed by atoms with Gasteiger partial charge in [0, 0.05) is 11.8 Å². The quantitative estimate of drug-likeness (QED) is 0.526. The lowest BCUT2D eigenvalue weighted by atomic mass is 10.2. The van der Waals surface area contributed by atoms with Gasteiger partial charge in [-0.25, -0.2) is 4.79 Å².